The minimum atomic E-state index is -0.636. The molecule has 1 fully saturated rings. The monoisotopic (exact) mass is 231 g/mol. The minimum Gasteiger partial charge on any atom is -0.481 e. The van der Waals surface area contributed by atoms with E-state index < -0.39 is 5.97 Å². The second kappa shape index (κ2) is 4.15. The Morgan fingerprint density at radius 3 is 2.41 bits per heavy atom. The fourth-order valence-electron chi connectivity index (χ4n) is 3.11. The van der Waals surface area contributed by atoms with Crippen LogP contribution in [0.1, 0.15) is 17.5 Å². The number of fused-ring (bicyclic) bond motifs is 1. The number of aliphatic carboxylic acids is 1. The molecule has 0 bridgehead atoms. The SMILES string of the molecule is O=C(O)C1CCN(C2Cc3ccccc3C2)C1. The van der Waals surface area contributed by atoms with Gasteiger partial charge in [0.2, 0.25) is 0 Å². The zero-order valence-corrected chi connectivity index (χ0v) is 9.80. The maximum atomic E-state index is 11.0. The molecule has 90 valence electrons. The van der Waals surface area contributed by atoms with Crippen LogP contribution in [0.5, 0.6) is 0 Å². The van der Waals surface area contributed by atoms with Crippen molar-refractivity contribution in [1.82, 2.24) is 4.90 Å². The predicted molar refractivity (Wildman–Crippen MR) is 65.0 cm³/mol. The molecule has 0 aromatic heterocycles. The van der Waals surface area contributed by atoms with Gasteiger partial charge in [-0.1, -0.05) is 24.3 Å². The molecule has 3 rings (SSSR count). The summed E-state index contributed by atoms with van der Waals surface area (Å²) in [6, 6.07) is 9.09. The van der Waals surface area contributed by atoms with Crippen LogP contribution in [0.15, 0.2) is 24.3 Å². The first-order valence-electron chi connectivity index (χ1n) is 6.27. The first-order chi connectivity index (χ1) is 8.24. The van der Waals surface area contributed by atoms with E-state index in [1.807, 2.05) is 0 Å². The Kier molecular flexibility index (Phi) is 2.63. The molecule has 2 aliphatic rings. The zero-order valence-electron chi connectivity index (χ0n) is 9.80. The maximum absolute atomic E-state index is 11.0. The van der Waals surface area contributed by atoms with E-state index in [2.05, 4.69) is 29.2 Å². The number of carbonyl (C=O) groups is 1. The molecule has 1 aliphatic heterocycles. The molecule has 1 heterocycles. The van der Waals surface area contributed by atoms with E-state index in [1.54, 1.807) is 0 Å². The lowest BCUT2D eigenvalue weighted by Crippen LogP contribution is -2.34. The second-order valence-corrected chi connectivity index (χ2v) is 5.15. The highest BCUT2D eigenvalue weighted by atomic mass is 16.4. The highest BCUT2D eigenvalue weighted by Gasteiger charge is 2.34. The van der Waals surface area contributed by atoms with Crippen molar-refractivity contribution in [3.05, 3.63) is 35.4 Å². The first-order valence-corrected chi connectivity index (χ1v) is 6.27. The second-order valence-electron chi connectivity index (χ2n) is 5.15. The molecule has 1 aliphatic carbocycles. The van der Waals surface area contributed by atoms with Crippen LogP contribution in [0, 0.1) is 5.92 Å². The van der Waals surface area contributed by atoms with Gasteiger partial charge in [-0.05, 0) is 36.9 Å². The van der Waals surface area contributed by atoms with Gasteiger partial charge in [0, 0.05) is 12.6 Å². The van der Waals surface area contributed by atoms with E-state index in [1.165, 1.54) is 11.1 Å². The van der Waals surface area contributed by atoms with Crippen LogP contribution in [-0.4, -0.2) is 35.1 Å². The van der Waals surface area contributed by atoms with E-state index in [0.29, 0.717) is 6.04 Å². The van der Waals surface area contributed by atoms with Crippen molar-refractivity contribution >= 4 is 5.97 Å². The van der Waals surface area contributed by atoms with E-state index in [9.17, 15) is 4.79 Å². The van der Waals surface area contributed by atoms with Crippen molar-refractivity contribution in [2.75, 3.05) is 13.1 Å². The topological polar surface area (TPSA) is 40.5 Å². The van der Waals surface area contributed by atoms with Gasteiger partial charge in [0.15, 0.2) is 0 Å². The van der Waals surface area contributed by atoms with Crippen LogP contribution in [0.3, 0.4) is 0 Å². The van der Waals surface area contributed by atoms with Gasteiger partial charge in [-0.3, -0.25) is 9.69 Å². The number of hydrogen-bond donors (Lipinski definition) is 1. The number of rotatable bonds is 2. The molecule has 1 saturated heterocycles. The number of hydrogen-bond acceptors (Lipinski definition) is 2. The average Bonchev–Trinajstić information content (AvgIpc) is 2.95. The molecule has 1 unspecified atom stereocenters. The Balaban J connectivity index is 1.68. The molecule has 3 heteroatoms. The summed E-state index contributed by atoms with van der Waals surface area (Å²) in [7, 11) is 0. The minimum absolute atomic E-state index is 0.154. The predicted octanol–water partition coefficient (Wildman–Crippen LogP) is 1.56. The molecule has 1 atom stereocenters. The molecular weight excluding hydrogens is 214 g/mol. The molecular formula is C14H17NO2. The van der Waals surface area contributed by atoms with E-state index in [-0.39, 0.29) is 5.92 Å². The van der Waals surface area contributed by atoms with Crippen LogP contribution in [0.25, 0.3) is 0 Å². The molecule has 0 amide bonds. The van der Waals surface area contributed by atoms with Crippen molar-refractivity contribution in [1.29, 1.82) is 0 Å². The Labute approximate surface area is 101 Å². The molecule has 17 heavy (non-hydrogen) atoms. The summed E-state index contributed by atoms with van der Waals surface area (Å²) < 4.78 is 0. The lowest BCUT2D eigenvalue weighted by molar-refractivity contribution is -0.141. The molecule has 1 aromatic carbocycles. The van der Waals surface area contributed by atoms with E-state index in [4.69, 9.17) is 5.11 Å². The summed E-state index contributed by atoms with van der Waals surface area (Å²) in [6.45, 7) is 1.67. The van der Waals surface area contributed by atoms with Gasteiger partial charge in [0.25, 0.3) is 0 Å². The Morgan fingerprint density at radius 1 is 1.24 bits per heavy atom. The van der Waals surface area contributed by atoms with Crippen molar-refractivity contribution in [2.45, 2.75) is 25.3 Å². The van der Waals surface area contributed by atoms with Crippen molar-refractivity contribution in [3.63, 3.8) is 0 Å². The number of carboxylic acids is 1. The Morgan fingerprint density at radius 2 is 1.88 bits per heavy atom. The van der Waals surface area contributed by atoms with Crippen LogP contribution in [-0.2, 0) is 17.6 Å². The molecule has 0 radical (unpaired) electrons. The summed E-state index contributed by atoms with van der Waals surface area (Å²) in [4.78, 5) is 13.3. The smallest absolute Gasteiger partial charge is 0.307 e. The quantitative estimate of drug-likeness (QED) is 0.839. The fourth-order valence-corrected chi connectivity index (χ4v) is 3.11. The third kappa shape index (κ3) is 1.95. The van der Waals surface area contributed by atoms with E-state index in [0.717, 1.165) is 32.4 Å². The third-order valence-electron chi connectivity index (χ3n) is 4.11. The van der Waals surface area contributed by atoms with Crippen LogP contribution < -0.4 is 0 Å². The molecule has 0 spiro atoms. The van der Waals surface area contributed by atoms with Crippen LogP contribution in [0.2, 0.25) is 0 Å². The van der Waals surface area contributed by atoms with Gasteiger partial charge in [0.05, 0.1) is 5.92 Å². The standard InChI is InChI=1S/C14H17NO2/c16-14(17)12-5-6-15(9-12)13-7-10-3-1-2-4-11(10)8-13/h1-4,12-13H,5-9H2,(H,16,17). The molecule has 1 N–H and O–H groups in total. The van der Waals surface area contributed by atoms with Crippen molar-refractivity contribution < 1.29 is 9.90 Å². The summed E-state index contributed by atoms with van der Waals surface area (Å²) in [5, 5.41) is 9.02. The van der Waals surface area contributed by atoms with Gasteiger partial charge in [-0.25, -0.2) is 0 Å². The third-order valence-corrected chi connectivity index (χ3v) is 4.11. The highest BCUT2D eigenvalue weighted by Crippen LogP contribution is 2.29. The lowest BCUT2D eigenvalue weighted by atomic mass is 10.1. The summed E-state index contributed by atoms with van der Waals surface area (Å²) in [5.74, 6) is -0.790. The van der Waals surface area contributed by atoms with Gasteiger partial charge in [-0.2, -0.15) is 0 Å². The maximum Gasteiger partial charge on any atom is 0.307 e. The average molecular weight is 231 g/mol. The summed E-state index contributed by atoms with van der Waals surface area (Å²) >= 11 is 0. The molecule has 0 saturated carbocycles. The number of nitrogens with zero attached hydrogens (tertiary/aromatic N) is 1. The highest BCUT2D eigenvalue weighted by molar-refractivity contribution is 5.70. The number of likely N-dealkylation sites (tertiary alicyclic amines) is 1. The van der Waals surface area contributed by atoms with Gasteiger partial charge < -0.3 is 5.11 Å². The number of benzene rings is 1. The first kappa shape index (κ1) is 10.8. The Bertz CT molecular complexity index is 419. The van der Waals surface area contributed by atoms with Crippen LogP contribution in [0.4, 0.5) is 0 Å². The van der Waals surface area contributed by atoms with Gasteiger partial charge in [-0.15, -0.1) is 0 Å². The fraction of sp³-hybridized carbons (Fsp3) is 0.500. The number of carboxylic acid groups (broad SMARTS) is 1. The largest absolute Gasteiger partial charge is 0.481 e. The van der Waals surface area contributed by atoms with Gasteiger partial charge in [0.1, 0.15) is 0 Å². The lowest BCUT2D eigenvalue weighted by Gasteiger charge is -2.23. The van der Waals surface area contributed by atoms with Crippen molar-refractivity contribution in [3.8, 4) is 0 Å². The molecule has 1 aromatic rings. The van der Waals surface area contributed by atoms with E-state index >= 15 is 0 Å². The normalized spacial score (nSPS) is 25.1. The summed E-state index contributed by atoms with van der Waals surface area (Å²) in [6.07, 6.45) is 2.98. The molecule has 3 nitrogen and oxygen atoms in total. The zero-order chi connectivity index (χ0) is 11.8. The van der Waals surface area contributed by atoms with Gasteiger partial charge >= 0.3 is 5.97 Å². The Hall–Kier alpha value is -1.35. The summed E-state index contributed by atoms with van der Waals surface area (Å²) in [5.41, 5.74) is 2.88. The van der Waals surface area contributed by atoms with Crippen LogP contribution >= 0.6 is 0 Å². The van der Waals surface area contributed by atoms with Crippen molar-refractivity contribution in [2.24, 2.45) is 5.92 Å².